The van der Waals surface area contributed by atoms with E-state index in [2.05, 4.69) is 4.90 Å². The van der Waals surface area contributed by atoms with Crippen LogP contribution in [0, 0.1) is 5.82 Å². The van der Waals surface area contributed by atoms with Gasteiger partial charge < -0.3 is 10.0 Å². The fraction of sp³-hybridized carbons (Fsp3) is 0.562. The normalized spacial score (nSPS) is 18.5. The van der Waals surface area contributed by atoms with E-state index in [1.54, 1.807) is 17.0 Å². The Hall–Kier alpha value is -1.46. The molecule has 1 amide bonds. The van der Waals surface area contributed by atoms with Crippen LogP contribution in [-0.2, 0) is 4.79 Å². The number of rotatable bonds is 4. The molecule has 1 saturated heterocycles. The van der Waals surface area contributed by atoms with Gasteiger partial charge in [0, 0.05) is 25.3 Å². The number of carbonyl (C=O) groups excluding carboxylic acids is 1. The standard InChI is InChI=1S/C16H23FN2O2/c1-3-19(14-6-4-13(17)5-7-14)15(20)12-18-10-8-16(2,21)9-11-18/h4-7,21H,3,8-12H2,1-2H3. The zero-order valence-electron chi connectivity index (χ0n) is 12.7. The molecular weight excluding hydrogens is 271 g/mol. The van der Waals surface area contributed by atoms with Crippen LogP contribution in [0.5, 0.6) is 0 Å². The van der Waals surface area contributed by atoms with Gasteiger partial charge in [0.25, 0.3) is 0 Å². The molecule has 0 saturated carbocycles. The van der Waals surface area contributed by atoms with Crippen LogP contribution in [0.3, 0.4) is 0 Å². The highest BCUT2D eigenvalue weighted by Gasteiger charge is 2.28. The van der Waals surface area contributed by atoms with Crippen LogP contribution >= 0.6 is 0 Å². The summed E-state index contributed by atoms with van der Waals surface area (Å²) < 4.78 is 13.0. The zero-order valence-corrected chi connectivity index (χ0v) is 12.7. The van der Waals surface area contributed by atoms with Crippen molar-refractivity contribution >= 4 is 11.6 Å². The maximum atomic E-state index is 13.0. The molecule has 1 aliphatic rings. The average molecular weight is 294 g/mol. The first-order chi connectivity index (χ1) is 9.91. The molecule has 0 bridgehead atoms. The minimum atomic E-state index is -0.610. The molecular formula is C16H23FN2O2. The molecule has 0 aromatic heterocycles. The van der Waals surface area contributed by atoms with Crippen molar-refractivity contribution in [2.24, 2.45) is 0 Å². The van der Waals surface area contributed by atoms with Gasteiger partial charge in [-0.1, -0.05) is 0 Å². The molecule has 1 aromatic carbocycles. The van der Waals surface area contributed by atoms with Crippen molar-refractivity contribution in [3.05, 3.63) is 30.1 Å². The number of aliphatic hydroxyl groups is 1. The van der Waals surface area contributed by atoms with E-state index < -0.39 is 5.60 Å². The van der Waals surface area contributed by atoms with Gasteiger partial charge in [-0.25, -0.2) is 4.39 Å². The number of carbonyl (C=O) groups is 1. The third kappa shape index (κ3) is 4.25. The highest BCUT2D eigenvalue weighted by atomic mass is 19.1. The Labute approximate surface area is 125 Å². The number of hydrogen-bond donors (Lipinski definition) is 1. The number of hydrogen-bond acceptors (Lipinski definition) is 3. The van der Waals surface area contributed by atoms with Crippen molar-refractivity contribution in [3.8, 4) is 0 Å². The molecule has 1 aliphatic heterocycles. The minimum Gasteiger partial charge on any atom is -0.390 e. The molecule has 0 spiro atoms. The Morgan fingerprint density at radius 3 is 2.43 bits per heavy atom. The van der Waals surface area contributed by atoms with Gasteiger partial charge >= 0.3 is 0 Å². The monoisotopic (exact) mass is 294 g/mol. The Morgan fingerprint density at radius 1 is 1.33 bits per heavy atom. The average Bonchev–Trinajstić information content (AvgIpc) is 2.44. The molecule has 0 radical (unpaired) electrons. The lowest BCUT2D eigenvalue weighted by atomic mass is 9.94. The van der Waals surface area contributed by atoms with E-state index >= 15 is 0 Å². The number of halogens is 1. The van der Waals surface area contributed by atoms with E-state index in [9.17, 15) is 14.3 Å². The summed E-state index contributed by atoms with van der Waals surface area (Å²) in [4.78, 5) is 16.1. The highest BCUT2D eigenvalue weighted by molar-refractivity contribution is 5.94. The first kappa shape index (κ1) is 15.9. The Bertz CT molecular complexity index is 478. The number of likely N-dealkylation sites (N-methyl/N-ethyl adjacent to an activating group) is 1. The van der Waals surface area contributed by atoms with Crippen LogP contribution in [0.25, 0.3) is 0 Å². The summed E-state index contributed by atoms with van der Waals surface area (Å²) in [7, 11) is 0. The van der Waals surface area contributed by atoms with Crippen LogP contribution in [0.4, 0.5) is 10.1 Å². The molecule has 1 aromatic rings. The van der Waals surface area contributed by atoms with Crippen LogP contribution in [0.1, 0.15) is 26.7 Å². The van der Waals surface area contributed by atoms with Gasteiger partial charge in [-0.3, -0.25) is 9.69 Å². The Balaban J connectivity index is 1.96. The van der Waals surface area contributed by atoms with Gasteiger partial charge in [0.05, 0.1) is 12.1 Å². The molecule has 1 fully saturated rings. The SMILES string of the molecule is CCN(C(=O)CN1CCC(C)(O)CC1)c1ccc(F)cc1. The van der Waals surface area contributed by atoms with Crippen molar-refractivity contribution in [3.63, 3.8) is 0 Å². The van der Waals surface area contributed by atoms with E-state index in [0.29, 0.717) is 31.6 Å². The van der Waals surface area contributed by atoms with Crippen LogP contribution in [0.15, 0.2) is 24.3 Å². The molecule has 116 valence electrons. The topological polar surface area (TPSA) is 43.8 Å². The number of amides is 1. The number of piperidine rings is 1. The molecule has 5 heteroatoms. The number of likely N-dealkylation sites (tertiary alicyclic amines) is 1. The second-order valence-corrected chi connectivity index (χ2v) is 5.89. The molecule has 0 atom stereocenters. The maximum Gasteiger partial charge on any atom is 0.241 e. The van der Waals surface area contributed by atoms with Gasteiger partial charge in [0.2, 0.25) is 5.91 Å². The van der Waals surface area contributed by atoms with Crippen molar-refractivity contribution in [2.75, 3.05) is 31.1 Å². The highest BCUT2D eigenvalue weighted by Crippen LogP contribution is 2.21. The van der Waals surface area contributed by atoms with Crippen molar-refractivity contribution in [1.82, 2.24) is 4.90 Å². The molecule has 4 nitrogen and oxygen atoms in total. The summed E-state index contributed by atoms with van der Waals surface area (Å²) in [5.41, 5.74) is 0.105. The van der Waals surface area contributed by atoms with E-state index in [0.717, 1.165) is 13.1 Å². The van der Waals surface area contributed by atoms with Gasteiger partial charge in [0.1, 0.15) is 5.82 Å². The van der Waals surface area contributed by atoms with E-state index in [1.807, 2.05) is 13.8 Å². The predicted octanol–water partition coefficient (Wildman–Crippen LogP) is 2.03. The first-order valence-electron chi connectivity index (χ1n) is 7.42. The fourth-order valence-electron chi connectivity index (χ4n) is 2.59. The van der Waals surface area contributed by atoms with Crippen molar-refractivity contribution in [2.45, 2.75) is 32.3 Å². The molecule has 1 N–H and O–H groups in total. The molecule has 0 aliphatic carbocycles. The second-order valence-electron chi connectivity index (χ2n) is 5.89. The lowest BCUT2D eigenvalue weighted by molar-refractivity contribution is -0.120. The number of benzene rings is 1. The number of anilines is 1. The van der Waals surface area contributed by atoms with Gasteiger partial charge in [-0.2, -0.15) is 0 Å². The third-order valence-corrected chi connectivity index (χ3v) is 4.05. The largest absolute Gasteiger partial charge is 0.390 e. The summed E-state index contributed by atoms with van der Waals surface area (Å²) in [5.74, 6) is -0.300. The van der Waals surface area contributed by atoms with Crippen LogP contribution in [0.2, 0.25) is 0 Å². The molecule has 21 heavy (non-hydrogen) atoms. The Kier molecular flexibility index (Phi) is 4.96. The summed E-state index contributed by atoms with van der Waals surface area (Å²) >= 11 is 0. The predicted molar refractivity (Wildman–Crippen MR) is 80.7 cm³/mol. The van der Waals surface area contributed by atoms with E-state index in [4.69, 9.17) is 0 Å². The maximum absolute atomic E-state index is 13.0. The Morgan fingerprint density at radius 2 is 1.90 bits per heavy atom. The van der Waals surface area contributed by atoms with Crippen LogP contribution < -0.4 is 4.90 Å². The summed E-state index contributed by atoms with van der Waals surface area (Å²) in [6, 6.07) is 5.97. The van der Waals surface area contributed by atoms with Gasteiger partial charge in [0.15, 0.2) is 0 Å². The summed E-state index contributed by atoms with van der Waals surface area (Å²) in [6.45, 7) is 6.07. The van der Waals surface area contributed by atoms with Gasteiger partial charge in [-0.05, 0) is 51.0 Å². The molecule has 1 heterocycles. The van der Waals surface area contributed by atoms with Crippen molar-refractivity contribution < 1.29 is 14.3 Å². The van der Waals surface area contributed by atoms with E-state index in [1.165, 1.54) is 12.1 Å². The molecule has 2 rings (SSSR count). The van der Waals surface area contributed by atoms with Crippen molar-refractivity contribution in [1.29, 1.82) is 0 Å². The lowest BCUT2D eigenvalue weighted by Crippen LogP contribution is -2.47. The van der Waals surface area contributed by atoms with Crippen LogP contribution in [-0.4, -0.2) is 47.7 Å². The summed E-state index contributed by atoms with van der Waals surface area (Å²) in [5, 5.41) is 9.93. The van der Waals surface area contributed by atoms with Gasteiger partial charge in [-0.15, -0.1) is 0 Å². The van der Waals surface area contributed by atoms with E-state index in [-0.39, 0.29) is 11.7 Å². The molecule has 0 unspecified atom stereocenters. The minimum absolute atomic E-state index is 0.00523. The quantitative estimate of drug-likeness (QED) is 0.924. The summed E-state index contributed by atoms with van der Waals surface area (Å²) in [6.07, 6.45) is 1.37. The smallest absolute Gasteiger partial charge is 0.241 e. The number of nitrogens with zero attached hydrogens (tertiary/aromatic N) is 2. The second kappa shape index (κ2) is 6.54. The fourth-order valence-corrected chi connectivity index (χ4v) is 2.59. The third-order valence-electron chi connectivity index (χ3n) is 4.05. The zero-order chi connectivity index (χ0) is 15.5. The first-order valence-corrected chi connectivity index (χ1v) is 7.42. The lowest BCUT2D eigenvalue weighted by Gasteiger charge is -2.36.